The molecule has 2 aromatic heterocycles. The van der Waals surface area contributed by atoms with Crippen LogP contribution < -0.4 is 5.32 Å². The lowest BCUT2D eigenvalue weighted by molar-refractivity contribution is 0.194. The molecule has 5 nitrogen and oxygen atoms in total. The predicted molar refractivity (Wildman–Crippen MR) is 142 cm³/mol. The molecule has 1 atom stereocenters. The first-order valence-corrected chi connectivity index (χ1v) is 13.1. The fourth-order valence-electron chi connectivity index (χ4n) is 5.41. The second-order valence-electron chi connectivity index (χ2n) is 9.91. The molecule has 2 aliphatic rings. The van der Waals surface area contributed by atoms with Gasteiger partial charge in [0, 0.05) is 35.4 Å². The van der Waals surface area contributed by atoms with Crippen molar-refractivity contribution >= 4 is 23.1 Å². The van der Waals surface area contributed by atoms with Crippen LogP contribution in [-0.2, 0) is 19.5 Å². The highest BCUT2D eigenvalue weighted by Crippen LogP contribution is 2.43. The molecule has 4 heterocycles. The molecule has 0 radical (unpaired) electrons. The third-order valence-corrected chi connectivity index (χ3v) is 8.59. The first kappa shape index (κ1) is 23.0. The van der Waals surface area contributed by atoms with Crippen LogP contribution in [0.1, 0.15) is 44.4 Å². The van der Waals surface area contributed by atoms with Crippen molar-refractivity contribution in [1.29, 1.82) is 0 Å². The summed E-state index contributed by atoms with van der Waals surface area (Å²) in [6.07, 6.45) is 3.06. The van der Waals surface area contributed by atoms with Crippen LogP contribution in [0, 0.1) is 19.7 Å². The van der Waals surface area contributed by atoms with Gasteiger partial charge >= 0.3 is 6.03 Å². The van der Waals surface area contributed by atoms with Gasteiger partial charge in [-0.05, 0) is 79.9 Å². The molecule has 2 aromatic carbocycles. The number of hydrogen-bond acceptors (Lipinski definition) is 3. The number of benzene rings is 2. The zero-order valence-corrected chi connectivity index (χ0v) is 21.5. The maximum atomic E-state index is 14.0. The minimum absolute atomic E-state index is 0.161. The van der Waals surface area contributed by atoms with Gasteiger partial charge in [0.1, 0.15) is 10.8 Å². The van der Waals surface area contributed by atoms with Crippen molar-refractivity contribution in [1.82, 2.24) is 14.4 Å². The van der Waals surface area contributed by atoms with Crippen LogP contribution in [-0.4, -0.2) is 34.0 Å². The third-order valence-electron chi connectivity index (χ3n) is 7.34. The Morgan fingerprint density at radius 1 is 1.06 bits per heavy atom. The maximum absolute atomic E-state index is 14.0. The number of amides is 2. The number of carbonyl (C=O) groups excluding carboxylic acids is 1. The maximum Gasteiger partial charge on any atom is 0.322 e. The molecule has 2 aliphatic heterocycles. The molecule has 0 saturated carbocycles. The van der Waals surface area contributed by atoms with Crippen LogP contribution >= 0.6 is 11.3 Å². The van der Waals surface area contributed by atoms with E-state index in [1.165, 1.54) is 33.1 Å². The average Bonchev–Trinajstić information content (AvgIpc) is 3.43. The Labute approximate surface area is 214 Å². The minimum Gasteiger partial charge on any atom is -0.310 e. The number of rotatable bonds is 2. The largest absolute Gasteiger partial charge is 0.322 e. The number of urea groups is 1. The van der Waals surface area contributed by atoms with E-state index in [-0.39, 0.29) is 17.9 Å². The van der Waals surface area contributed by atoms with Gasteiger partial charge in [0.25, 0.3) is 0 Å². The summed E-state index contributed by atoms with van der Waals surface area (Å²) in [5.41, 5.74) is 7.40. The molecular formula is C29H29FN4OS. The first-order chi connectivity index (χ1) is 17.4. The molecule has 0 spiro atoms. The Hall–Kier alpha value is -3.42. The SMILES string of the molecule is Cc1ccc(C)c(NC(=O)N2Cc3c(sc4c3CCN(C)C4)-n3cccc3[C@H]2c2ccc(F)cc2)c1. The van der Waals surface area contributed by atoms with E-state index in [1.54, 1.807) is 12.1 Å². The Balaban J connectivity index is 1.50. The fraction of sp³-hybridized carbons (Fsp3) is 0.276. The van der Waals surface area contributed by atoms with E-state index in [0.29, 0.717) is 6.54 Å². The van der Waals surface area contributed by atoms with E-state index in [2.05, 4.69) is 34.1 Å². The predicted octanol–water partition coefficient (Wildman–Crippen LogP) is 6.42. The normalized spacial score (nSPS) is 17.2. The summed E-state index contributed by atoms with van der Waals surface area (Å²) in [6.45, 7) is 6.45. The second kappa shape index (κ2) is 8.91. The monoisotopic (exact) mass is 500 g/mol. The van der Waals surface area contributed by atoms with Crippen molar-refractivity contribution in [2.24, 2.45) is 0 Å². The summed E-state index contributed by atoms with van der Waals surface area (Å²) in [6, 6.07) is 16.2. The van der Waals surface area contributed by atoms with E-state index < -0.39 is 0 Å². The Morgan fingerprint density at radius 3 is 2.67 bits per heavy atom. The molecule has 6 rings (SSSR count). The molecule has 0 bridgehead atoms. The lowest BCUT2D eigenvalue weighted by Gasteiger charge is -2.32. The number of halogens is 1. The molecular weight excluding hydrogens is 471 g/mol. The van der Waals surface area contributed by atoms with Gasteiger partial charge in [-0.3, -0.25) is 0 Å². The topological polar surface area (TPSA) is 40.5 Å². The Bertz CT molecular complexity index is 1450. The number of hydrogen-bond donors (Lipinski definition) is 1. The van der Waals surface area contributed by atoms with E-state index in [0.717, 1.165) is 47.6 Å². The third kappa shape index (κ3) is 3.92. The van der Waals surface area contributed by atoms with E-state index in [1.807, 2.05) is 54.3 Å². The van der Waals surface area contributed by atoms with Gasteiger partial charge in [-0.25, -0.2) is 9.18 Å². The summed E-state index contributed by atoms with van der Waals surface area (Å²) in [5.74, 6) is -0.286. The van der Waals surface area contributed by atoms with Crippen LogP contribution in [0.2, 0.25) is 0 Å². The number of carbonyl (C=O) groups is 1. The van der Waals surface area contributed by atoms with Crippen molar-refractivity contribution < 1.29 is 9.18 Å². The highest BCUT2D eigenvalue weighted by atomic mass is 32.1. The molecule has 0 saturated heterocycles. The smallest absolute Gasteiger partial charge is 0.310 e. The molecule has 184 valence electrons. The van der Waals surface area contributed by atoms with Crippen molar-refractivity contribution in [3.63, 3.8) is 0 Å². The second-order valence-corrected chi connectivity index (χ2v) is 11.0. The van der Waals surface area contributed by atoms with Crippen LogP contribution in [0.25, 0.3) is 5.00 Å². The fourth-order valence-corrected chi connectivity index (χ4v) is 6.85. The van der Waals surface area contributed by atoms with Crippen LogP contribution in [0.3, 0.4) is 0 Å². The summed E-state index contributed by atoms with van der Waals surface area (Å²) in [4.78, 5) is 19.7. The minimum atomic E-state index is -0.354. The van der Waals surface area contributed by atoms with Gasteiger partial charge in [0.05, 0.1) is 18.3 Å². The molecule has 1 N–H and O–H groups in total. The number of nitrogens with zero attached hydrogens (tertiary/aromatic N) is 3. The van der Waals surface area contributed by atoms with Gasteiger partial charge in [-0.2, -0.15) is 0 Å². The molecule has 4 aromatic rings. The van der Waals surface area contributed by atoms with Crippen molar-refractivity contribution in [3.05, 3.63) is 105 Å². The van der Waals surface area contributed by atoms with E-state index in [4.69, 9.17) is 0 Å². The standard InChI is InChI=1S/C29H29FN4OS/c1-18-6-7-19(2)24(15-18)31-29(35)34-16-23-22-12-14-32(3)17-26(22)36-28(23)33-13-4-5-25(33)27(34)20-8-10-21(30)11-9-20/h4-11,13,15,27H,12,14,16-17H2,1-3H3,(H,31,35)/t27-/m1/s1. The van der Waals surface area contributed by atoms with Crippen molar-refractivity contribution in [3.8, 4) is 5.00 Å². The van der Waals surface area contributed by atoms with Gasteiger partial charge in [-0.1, -0.05) is 24.3 Å². The van der Waals surface area contributed by atoms with Gasteiger partial charge in [0.15, 0.2) is 0 Å². The van der Waals surface area contributed by atoms with Gasteiger partial charge in [0.2, 0.25) is 0 Å². The molecule has 0 fully saturated rings. The first-order valence-electron chi connectivity index (χ1n) is 12.3. The number of aromatic nitrogens is 1. The number of thiophene rings is 1. The van der Waals surface area contributed by atoms with Gasteiger partial charge < -0.3 is 19.7 Å². The quantitative estimate of drug-likeness (QED) is 0.345. The lowest BCUT2D eigenvalue weighted by Crippen LogP contribution is -2.38. The molecule has 36 heavy (non-hydrogen) atoms. The molecule has 2 amide bonds. The zero-order chi connectivity index (χ0) is 25.0. The van der Waals surface area contributed by atoms with Gasteiger partial charge in [-0.15, -0.1) is 11.3 Å². The molecule has 0 aliphatic carbocycles. The Kier molecular flexibility index (Phi) is 5.69. The summed E-state index contributed by atoms with van der Waals surface area (Å²) in [5, 5.41) is 4.38. The Morgan fingerprint density at radius 2 is 1.86 bits per heavy atom. The van der Waals surface area contributed by atoms with Crippen molar-refractivity contribution in [2.75, 3.05) is 18.9 Å². The molecule has 0 unspecified atom stereocenters. The van der Waals surface area contributed by atoms with Crippen molar-refractivity contribution in [2.45, 2.75) is 39.4 Å². The van der Waals surface area contributed by atoms with Crippen LogP contribution in [0.4, 0.5) is 14.9 Å². The average molecular weight is 501 g/mol. The number of anilines is 1. The summed E-state index contributed by atoms with van der Waals surface area (Å²) >= 11 is 1.83. The van der Waals surface area contributed by atoms with Crippen LogP contribution in [0.15, 0.2) is 60.8 Å². The highest BCUT2D eigenvalue weighted by Gasteiger charge is 2.36. The number of fused-ring (bicyclic) bond motifs is 5. The van der Waals surface area contributed by atoms with Crippen LogP contribution in [0.5, 0.6) is 0 Å². The molecule has 7 heteroatoms. The van der Waals surface area contributed by atoms with E-state index >= 15 is 0 Å². The number of nitrogens with one attached hydrogen (secondary N) is 1. The zero-order valence-electron chi connectivity index (χ0n) is 20.7. The lowest BCUT2D eigenvalue weighted by atomic mass is 10.00. The summed E-state index contributed by atoms with van der Waals surface area (Å²) in [7, 11) is 2.16. The number of aryl methyl sites for hydroxylation is 2. The summed E-state index contributed by atoms with van der Waals surface area (Å²) < 4.78 is 16.1. The number of likely N-dealkylation sites (N-methyl/N-ethyl adjacent to an activating group) is 1. The highest BCUT2D eigenvalue weighted by molar-refractivity contribution is 7.15. The van der Waals surface area contributed by atoms with E-state index in [9.17, 15) is 9.18 Å².